The van der Waals surface area contributed by atoms with Crippen LogP contribution in [-0.2, 0) is 4.79 Å². The van der Waals surface area contributed by atoms with Gasteiger partial charge in [-0.2, -0.15) is 0 Å². The van der Waals surface area contributed by atoms with Crippen molar-refractivity contribution >= 4 is 29.5 Å². The van der Waals surface area contributed by atoms with Crippen molar-refractivity contribution in [3.63, 3.8) is 0 Å². The molecule has 10 heteroatoms. The van der Waals surface area contributed by atoms with Crippen LogP contribution in [0.4, 0.5) is 10.6 Å². The predicted octanol–water partition coefficient (Wildman–Crippen LogP) is 2.75. The first-order chi connectivity index (χ1) is 16.4. The third-order valence-electron chi connectivity index (χ3n) is 6.38. The van der Waals surface area contributed by atoms with Gasteiger partial charge in [0.1, 0.15) is 17.3 Å². The molecule has 0 radical (unpaired) electrons. The monoisotopic (exact) mass is 463 g/mol. The Balaban J connectivity index is 1.37. The van der Waals surface area contributed by atoms with Crippen LogP contribution in [0.5, 0.6) is 11.5 Å². The number of carbonyl (C=O) groups is 2. The molecule has 0 atom stereocenters. The summed E-state index contributed by atoms with van der Waals surface area (Å²) in [5.41, 5.74) is 6.54. The molecule has 178 valence electrons. The molecule has 34 heavy (non-hydrogen) atoms. The lowest BCUT2D eigenvalue weighted by Crippen LogP contribution is -2.45. The summed E-state index contributed by atoms with van der Waals surface area (Å²) in [5, 5.41) is 2.72. The highest BCUT2D eigenvalue weighted by Crippen LogP contribution is 2.41. The number of nitrogens with zero attached hydrogens (tertiary/aromatic N) is 5. The average Bonchev–Trinajstić information content (AvgIpc) is 3.16. The Kier molecular flexibility index (Phi) is 6.87. The van der Waals surface area contributed by atoms with E-state index >= 15 is 0 Å². The second-order valence-corrected chi connectivity index (χ2v) is 8.59. The molecule has 0 unspecified atom stereocenters. The Morgan fingerprint density at radius 3 is 2.62 bits per heavy atom. The van der Waals surface area contributed by atoms with E-state index in [1.165, 1.54) is 17.3 Å². The van der Waals surface area contributed by atoms with Crippen LogP contribution in [0.15, 0.2) is 47.9 Å². The highest BCUT2D eigenvalue weighted by molar-refractivity contribution is 6.08. The third kappa shape index (κ3) is 4.91. The summed E-state index contributed by atoms with van der Waals surface area (Å²) in [6.45, 7) is 2.18. The number of pyridine rings is 2. The summed E-state index contributed by atoms with van der Waals surface area (Å²) in [7, 11) is 3.71. The number of urea groups is 1. The van der Waals surface area contributed by atoms with Gasteiger partial charge in [-0.1, -0.05) is 0 Å². The van der Waals surface area contributed by atoms with Crippen molar-refractivity contribution in [2.75, 3.05) is 39.0 Å². The quantitative estimate of drug-likeness (QED) is 0.653. The molecular formula is C24H29N7O3. The van der Waals surface area contributed by atoms with Gasteiger partial charge in [-0.05, 0) is 57.6 Å². The second-order valence-electron chi connectivity index (χ2n) is 8.59. The summed E-state index contributed by atoms with van der Waals surface area (Å²) in [6.07, 6.45) is 8.47. The van der Waals surface area contributed by atoms with E-state index in [0.717, 1.165) is 25.9 Å². The van der Waals surface area contributed by atoms with Crippen LogP contribution in [-0.4, -0.2) is 71.7 Å². The van der Waals surface area contributed by atoms with Crippen LogP contribution in [0, 0.1) is 5.41 Å². The number of likely N-dealkylation sites (tertiary alicyclic amines) is 2. The van der Waals surface area contributed by atoms with Gasteiger partial charge in [0.15, 0.2) is 0 Å². The lowest BCUT2D eigenvalue weighted by Gasteiger charge is -2.35. The van der Waals surface area contributed by atoms with Gasteiger partial charge in [-0.25, -0.2) is 9.78 Å². The maximum absolute atomic E-state index is 13.0. The number of nitrogens with one attached hydrogen (secondary N) is 1. The molecule has 10 nitrogen and oxygen atoms in total. The van der Waals surface area contributed by atoms with Crippen molar-refractivity contribution in [3.8, 4) is 11.5 Å². The van der Waals surface area contributed by atoms with E-state index in [-0.39, 0.29) is 5.91 Å². The molecule has 2 aliphatic rings. The van der Waals surface area contributed by atoms with Crippen molar-refractivity contribution in [3.05, 3.63) is 48.6 Å². The highest BCUT2D eigenvalue weighted by Gasteiger charge is 2.49. The highest BCUT2D eigenvalue weighted by atomic mass is 16.5. The van der Waals surface area contributed by atoms with E-state index in [1.807, 2.05) is 0 Å². The molecule has 2 aromatic rings. The van der Waals surface area contributed by atoms with Crippen molar-refractivity contribution in [2.45, 2.75) is 19.3 Å². The average molecular weight is 464 g/mol. The SMILES string of the molecule is CN=CC(=CN)c1cc(Oc2ccc(NC(=O)N3CCC4(CCN(C)CC4)C3=O)nc2)ccn1. The molecule has 2 saturated heterocycles. The number of anilines is 1. The van der Waals surface area contributed by atoms with Crippen LogP contribution in [0.3, 0.4) is 0 Å². The molecule has 4 rings (SSSR count). The Morgan fingerprint density at radius 1 is 1.18 bits per heavy atom. The standard InChI is InChI=1S/C24H29N7O3/c1-26-15-17(14-25)20-13-18(5-9-27-20)34-19-3-4-21(28-16-19)29-23(33)31-12-8-24(22(31)32)6-10-30(2)11-7-24/h3-5,9,13-16H,6-8,10-12,25H2,1-2H3,(H,28,29,33). The molecule has 0 saturated carbocycles. The number of ether oxygens (including phenoxy) is 1. The van der Waals surface area contributed by atoms with Gasteiger partial charge < -0.3 is 15.4 Å². The van der Waals surface area contributed by atoms with E-state index in [2.05, 4.69) is 32.2 Å². The minimum Gasteiger partial charge on any atom is -0.456 e. The zero-order chi connectivity index (χ0) is 24.1. The van der Waals surface area contributed by atoms with Crippen molar-refractivity contribution in [1.82, 2.24) is 19.8 Å². The molecule has 3 amide bonds. The van der Waals surface area contributed by atoms with Crippen molar-refractivity contribution in [2.24, 2.45) is 16.1 Å². The van der Waals surface area contributed by atoms with Gasteiger partial charge in [-0.3, -0.25) is 25.0 Å². The zero-order valence-electron chi connectivity index (χ0n) is 19.4. The minimum atomic E-state index is -0.445. The summed E-state index contributed by atoms with van der Waals surface area (Å²) in [5.74, 6) is 1.31. The number of amides is 3. The lowest BCUT2D eigenvalue weighted by atomic mass is 9.77. The first-order valence-corrected chi connectivity index (χ1v) is 11.2. The number of nitrogens with two attached hydrogens (primary N) is 1. The molecule has 2 aromatic heterocycles. The van der Waals surface area contributed by atoms with Crippen LogP contribution >= 0.6 is 0 Å². The van der Waals surface area contributed by atoms with Gasteiger partial charge in [0.25, 0.3) is 0 Å². The number of piperidine rings is 1. The normalized spacial score (nSPS) is 18.6. The number of carbonyl (C=O) groups excluding carboxylic acids is 2. The van der Waals surface area contributed by atoms with E-state index in [4.69, 9.17) is 10.5 Å². The van der Waals surface area contributed by atoms with E-state index in [9.17, 15) is 9.59 Å². The minimum absolute atomic E-state index is 0.0782. The number of imide groups is 1. The van der Waals surface area contributed by atoms with E-state index in [0.29, 0.717) is 41.5 Å². The summed E-state index contributed by atoms with van der Waals surface area (Å²) in [6, 6.07) is 6.35. The van der Waals surface area contributed by atoms with Gasteiger partial charge in [0.05, 0.1) is 17.3 Å². The number of allylic oxidation sites excluding steroid dienone is 1. The van der Waals surface area contributed by atoms with Gasteiger partial charge in [0, 0.05) is 43.8 Å². The Labute approximate surface area is 198 Å². The predicted molar refractivity (Wildman–Crippen MR) is 130 cm³/mol. The molecule has 2 fully saturated rings. The summed E-state index contributed by atoms with van der Waals surface area (Å²) >= 11 is 0. The Hall–Kier alpha value is -3.79. The molecule has 4 heterocycles. The lowest BCUT2D eigenvalue weighted by molar-refractivity contribution is -0.135. The van der Waals surface area contributed by atoms with E-state index < -0.39 is 11.4 Å². The maximum Gasteiger partial charge on any atom is 0.329 e. The first kappa shape index (κ1) is 23.4. The topological polar surface area (TPSA) is 126 Å². The molecule has 1 spiro atoms. The molecular weight excluding hydrogens is 434 g/mol. The number of hydrogen-bond donors (Lipinski definition) is 2. The number of rotatable bonds is 5. The maximum atomic E-state index is 13.0. The second kappa shape index (κ2) is 10.0. The van der Waals surface area contributed by atoms with Gasteiger partial charge in [0.2, 0.25) is 5.91 Å². The van der Waals surface area contributed by atoms with E-state index in [1.54, 1.807) is 43.7 Å². The molecule has 3 N–H and O–H groups in total. The number of aliphatic imine (C=N–C) groups is 1. The molecule has 0 bridgehead atoms. The molecule has 2 aliphatic heterocycles. The first-order valence-electron chi connectivity index (χ1n) is 11.2. The van der Waals surface area contributed by atoms with Gasteiger partial charge >= 0.3 is 6.03 Å². The van der Waals surface area contributed by atoms with Crippen LogP contribution in [0.2, 0.25) is 0 Å². The molecule has 0 aliphatic carbocycles. The largest absolute Gasteiger partial charge is 0.456 e. The Bertz CT molecular complexity index is 1110. The number of hydrogen-bond acceptors (Lipinski definition) is 8. The number of aromatic nitrogens is 2. The fraction of sp³-hybridized carbons (Fsp3) is 0.375. The zero-order valence-corrected chi connectivity index (χ0v) is 19.4. The fourth-order valence-corrected chi connectivity index (χ4v) is 4.32. The third-order valence-corrected chi connectivity index (χ3v) is 6.38. The van der Waals surface area contributed by atoms with Gasteiger partial charge in [-0.15, -0.1) is 0 Å². The van der Waals surface area contributed by atoms with Crippen LogP contribution in [0.25, 0.3) is 5.57 Å². The molecule has 0 aromatic carbocycles. The Morgan fingerprint density at radius 2 is 1.94 bits per heavy atom. The van der Waals surface area contributed by atoms with Crippen molar-refractivity contribution < 1.29 is 14.3 Å². The summed E-state index contributed by atoms with van der Waals surface area (Å²) in [4.78, 5) is 41.8. The van der Waals surface area contributed by atoms with Crippen molar-refractivity contribution in [1.29, 1.82) is 0 Å². The van der Waals surface area contributed by atoms with Crippen LogP contribution in [0.1, 0.15) is 25.0 Å². The smallest absolute Gasteiger partial charge is 0.329 e. The summed E-state index contributed by atoms with van der Waals surface area (Å²) < 4.78 is 5.86. The van der Waals surface area contributed by atoms with Crippen LogP contribution < -0.4 is 15.8 Å². The fourth-order valence-electron chi connectivity index (χ4n) is 4.32.